The van der Waals surface area contributed by atoms with Gasteiger partial charge in [-0.15, -0.1) is 0 Å². The van der Waals surface area contributed by atoms with Gasteiger partial charge in [-0.25, -0.2) is 0 Å². The molecule has 0 fully saturated rings. The number of aliphatic hydroxyl groups is 1. The van der Waals surface area contributed by atoms with E-state index >= 15 is 0 Å². The summed E-state index contributed by atoms with van der Waals surface area (Å²) in [7, 11) is 0. The van der Waals surface area contributed by atoms with Crippen LogP contribution in [0.5, 0.6) is 0 Å². The standard InChI is InChI=1S/C16H18O/c1-12-4-6-15-11-13(5-7-14(15)10-12)8-9-16(2,3)17/h4-6,10,17H,7,11H2,1-3H3. The van der Waals surface area contributed by atoms with Gasteiger partial charge in [0.1, 0.15) is 5.60 Å². The Morgan fingerprint density at radius 2 is 2.00 bits per heavy atom. The fraction of sp³-hybridized carbons (Fsp3) is 0.375. The van der Waals surface area contributed by atoms with Gasteiger partial charge in [0.2, 0.25) is 0 Å². The summed E-state index contributed by atoms with van der Waals surface area (Å²) in [5.74, 6) is 5.95. The highest BCUT2D eigenvalue weighted by molar-refractivity contribution is 5.45. The summed E-state index contributed by atoms with van der Waals surface area (Å²) in [4.78, 5) is 0. The topological polar surface area (TPSA) is 20.2 Å². The van der Waals surface area contributed by atoms with Crippen LogP contribution in [0.15, 0.2) is 29.8 Å². The first-order chi connectivity index (χ1) is 7.94. The number of allylic oxidation sites excluding steroid dienone is 2. The third kappa shape index (κ3) is 3.22. The summed E-state index contributed by atoms with van der Waals surface area (Å²) in [5, 5.41) is 9.58. The average molecular weight is 226 g/mol. The fourth-order valence-corrected chi connectivity index (χ4v) is 1.96. The van der Waals surface area contributed by atoms with Gasteiger partial charge in [-0.1, -0.05) is 41.7 Å². The van der Waals surface area contributed by atoms with Gasteiger partial charge in [0.05, 0.1) is 0 Å². The maximum absolute atomic E-state index is 9.58. The zero-order valence-corrected chi connectivity index (χ0v) is 10.7. The molecule has 0 heterocycles. The van der Waals surface area contributed by atoms with E-state index < -0.39 is 5.60 Å². The van der Waals surface area contributed by atoms with Crippen molar-refractivity contribution in [3.05, 3.63) is 46.5 Å². The Kier molecular flexibility index (Phi) is 3.09. The van der Waals surface area contributed by atoms with Gasteiger partial charge >= 0.3 is 0 Å². The molecule has 1 nitrogen and oxygen atoms in total. The van der Waals surface area contributed by atoms with Gasteiger partial charge in [-0.05, 0) is 38.3 Å². The highest BCUT2D eigenvalue weighted by atomic mass is 16.3. The van der Waals surface area contributed by atoms with Gasteiger partial charge in [-0.2, -0.15) is 0 Å². The molecule has 0 amide bonds. The van der Waals surface area contributed by atoms with Crippen LogP contribution < -0.4 is 0 Å². The van der Waals surface area contributed by atoms with Gasteiger partial charge in [0.15, 0.2) is 0 Å². The number of benzene rings is 1. The van der Waals surface area contributed by atoms with E-state index in [9.17, 15) is 5.11 Å². The van der Waals surface area contributed by atoms with Crippen molar-refractivity contribution in [3.8, 4) is 11.8 Å². The van der Waals surface area contributed by atoms with Crippen LogP contribution in [0, 0.1) is 18.8 Å². The number of aryl methyl sites for hydroxylation is 1. The molecule has 0 bridgehead atoms. The van der Waals surface area contributed by atoms with Crippen LogP contribution in [0.1, 0.15) is 30.5 Å². The maximum Gasteiger partial charge on any atom is 0.120 e. The van der Waals surface area contributed by atoms with Crippen LogP contribution in [0.4, 0.5) is 0 Å². The molecule has 1 aliphatic carbocycles. The van der Waals surface area contributed by atoms with E-state index in [1.165, 1.54) is 16.7 Å². The Morgan fingerprint density at radius 3 is 2.71 bits per heavy atom. The van der Waals surface area contributed by atoms with E-state index in [0.29, 0.717) is 0 Å². The molecule has 88 valence electrons. The second kappa shape index (κ2) is 4.39. The number of hydrogen-bond donors (Lipinski definition) is 1. The van der Waals surface area contributed by atoms with Crippen molar-refractivity contribution in [3.63, 3.8) is 0 Å². The van der Waals surface area contributed by atoms with Crippen LogP contribution in [0.2, 0.25) is 0 Å². The lowest BCUT2D eigenvalue weighted by Crippen LogP contribution is -2.15. The lowest BCUT2D eigenvalue weighted by atomic mass is 9.90. The summed E-state index contributed by atoms with van der Waals surface area (Å²) < 4.78 is 0. The zero-order valence-electron chi connectivity index (χ0n) is 10.7. The minimum atomic E-state index is -0.908. The van der Waals surface area contributed by atoms with E-state index in [0.717, 1.165) is 18.4 Å². The zero-order chi connectivity index (χ0) is 12.5. The predicted octanol–water partition coefficient (Wildman–Crippen LogP) is 2.79. The Morgan fingerprint density at radius 1 is 1.24 bits per heavy atom. The molecule has 0 saturated heterocycles. The minimum Gasteiger partial charge on any atom is -0.378 e. The van der Waals surface area contributed by atoms with Gasteiger partial charge in [0.25, 0.3) is 0 Å². The molecule has 1 aliphatic rings. The van der Waals surface area contributed by atoms with Crippen molar-refractivity contribution in [2.24, 2.45) is 0 Å². The monoisotopic (exact) mass is 226 g/mol. The third-order valence-electron chi connectivity index (χ3n) is 2.84. The molecule has 1 aromatic carbocycles. The van der Waals surface area contributed by atoms with Crippen LogP contribution in [0.25, 0.3) is 0 Å². The largest absolute Gasteiger partial charge is 0.378 e. The minimum absolute atomic E-state index is 0.888. The first kappa shape index (κ1) is 12.0. The highest BCUT2D eigenvalue weighted by Gasteiger charge is 2.11. The summed E-state index contributed by atoms with van der Waals surface area (Å²) in [5.41, 5.74) is 4.28. The molecular weight excluding hydrogens is 208 g/mol. The Hall–Kier alpha value is -1.52. The van der Waals surface area contributed by atoms with E-state index in [1.54, 1.807) is 13.8 Å². The van der Waals surface area contributed by atoms with E-state index in [4.69, 9.17) is 0 Å². The van der Waals surface area contributed by atoms with E-state index in [2.05, 4.69) is 43.0 Å². The molecule has 0 saturated carbocycles. The number of hydrogen-bond acceptors (Lipinski definition) is 1. The van der Waals surface area contributed by atoms with Crippen molar-refractivity contribution in [1.82, 2.24) is 0 Å². The molecule has 0 radical (unpaired) electrons. The molecule has 0 aliphatic heterocycles. The molecule has 1 N–H and O–H groups in total. The quantitative estimate of drug-likeness (QED) is 0.674. The van der Waals surface area contributed by atoms with Gasteiger partial charge in [-0.3, -0.25) is 0 Å². The summed E-state index contributed by atoms with van der Waals surface area (Å²) in [6, 6.07) is 6.57. The normalized spacial score (nSPS) is 14.5. The lowest BCUT2D eigenvalue weighted by molar-refractivity contribution is 0.143. The maximum atomic E-state index is 9.58. The molecule has 0 aromatic heterocycles. The van der Waals surface area contributed by atoms with Crippen LogP contribution in [-0.2, 0) is 12.8 Å². The second-order valence-corrected chi connectivity index (χ2v) is 5.19. The molecule has 0 atom stereocenters. The first-order valence-corrected chi connectivity index (χ1v) is 5.97. The van der Waals surface area contributed by atoms with Crippen molar-refractivity contribution < 1.29 is 5.11 Å². The van der Waals surface area contributed by atoms with Crippen LogP contribution in [0.3, 0.4) is 0 Å². The van der Waals surface area contributed by atoms with Crippen molar-refractivity contribution in [1.29, 1.82) is 0 Å². The number of rotatable bonds is 0. The van der Waals surface area contributed by atoms with Crippen molar-refractivity contribution in [2.75, 3.05) is 0 Å². The van der Waals surface area contributed by atoms with Crippen molar-refractivity contribution >= 4 is 0 Å². The summed E-state index contributed by atoms with van der Waals surface area (Å²) in [6.07, 6.45) is 4.01. The van der Waals surface area contributed by atoms with Gasteiger partial charge in [0, 0.05) is 12.0 Å². The number of fused-ring (bicyclic) bond motifs is 1. The fourth-order valence-electron chi connectivity index (χ4n) is 1.96. The highest BCUT2D eigenvalue weighted by Crippen LogP contribution is 2.21. The van der Waals surface area contributed by atoms with Gasteiger partial charge < -0.3 is 5.11 Å². The summed E-state index contributed by atoms with van der Waals surface area (Å²) in [6.45, 7) is 5.54. The first-order valence-electron chi connectivity index (χ1n) is 5.97. The molecule has 17 heavy (non-hydrogen) atoms. The van der Waals surface area contributed by atoms with Crippen LogP contribution in [-0.4, -0.2) is 10.7 Å². The molecule has 1 aromatic rings. The second-order valence-electron chi connectivity index (χ2n) is 5.19. The predicted molar refractivity (Wildman–Crippen MR) is 70.7 cm³/mol. The third-order valence-corrected chi connectivity index (χ3v) is 2.84. The lowest BCUT2D eigenvalue weighted by Gasteiger charge is -2.15. The Balaban J connectivity index is 2.20. The SMILES string of the molecule is Cc1ccc2c(c1)CC=C(C#CC(C)(C)O)C2. The van der Waals surface area contributed by atoms with E-state index in [1.807, 2.05) is 0 Å². The smallest absolute Gasteiger partial charge is 0.120 e. The molecular formula is C16H18O. The Bertz CT molecular complexity index is 519. The molecule has 2 rings (SSSR count). The Labute approximate surface area is 103 Å². The molecule has 1 heteroatoms. The summed E-state index contributed by atoms with van der Waals surface area (Å²) >= 11 is 0. The van der Waals surface area contributed by atoms with E-state index in [-0.39, 0.29) is 0 Å². The molecule has 0 spiro atoms. The average Bonchev–Trinajstić information content (AvgIpc) is 2.25. The van der Waals surface area contributed by atoms with Crippen molar-refractivity contribution in [2.45, 2.75) is 39.2 Å². The van der Waals surface area contributed by atoms with Crippen LogP contribution >= 0.6 is 0 Å². The molecule has 0 unspecified atom stereocenters.